The molecule has 2 rings (SSSR count). The molecule has 1 aliphatic heterocycles. The van der Waals surface area contributed by atoms with Crippen LogP contribution in [-0.2, 0) is 4.74 Å². The number of aliphatic hydroxyl groups excluding tert-OH is 1. The number of hydrogen-bond acceptors (Lipinski definition) is 2. The molecule has 0 amide bonds. The van der Waals surface area contributed by atoms with Crippen LogP contribution < -0.4 is 0 Å². The highest BCUT2D eigenvalue weighted by molar-refractivity contribution is 5.18. The van der Waals surface area contributed by atoms with Crippen molar-refractivity contribution in [3.63, 3.8) is 0 Å². The van der Waals surface area contributed by atoms with Gasteiger partial charge in [0.1, 0.15) is 0 Å². The van der Waals surface area contributed by atoms with Crippen LogP contribution in [0.5, 0.6) is 0 Å². The third kappa shape index (κ3) is 1.49. The van der Waals surface area contributed by atoms with Gasteiger partial charge in [0.2, 0.25) is 0 Å². The normalized spacial score (nSPS) is 29.1. The van der Waals surface area contributed by atoms with Crippen molar-refractivity contribution in [1.29, 1.82) is 0 Å². The fraction of sp³-hybridized carbons (Fsp3) is 0.400. The first-order chi connectivity index (χ1) is 5.86. The zero-order chi connectivity index (χ0) is 8.39. The summed E-state index contributed by atoms with van der Waals surface area (Å²) in [5.74, 6) is 0. The molecule has 0 aromatic heterocycles. The summed E-state index contributed by atoms with van der Waals surface area (Å²) < 4.78 is 5.30. The Balaban J connectivity index is 2.11. The van der Waals surface area contributed by atoms with Crippen molar-refractivity contribution >= 4 is 0 Å². The van der Waals surface area contributed by atoms with Gasteiger partial charge in [-0.25, -0.2) is 0 Å². The lowest BCUT2D eigenvalue weighted by atomic mass is 10.1. The number of aliphatic hydroxyl groups is 1. The minimum absolute atomic E-state index is 0.0983. The van der Waals surface area contributed by atoms with Crippen molar-refractivity contribution < 1.29 is 9.84 Å². The first-order valence-electron chi connectivity index (χ1n) is 4.25. The molecule has 1 N–H and O–H groups in total. The van der Waals surface area contributed by atoms with Crippen molar-refractivity contribution in [2.75, 3.05) is 0 Å². The SMILES string of the molecule is OC1CC[C@H](c2ccccc2)O1. The van der Waals surface area contributed by atoms with Gasteiger partial charge in [-0.05, 0) is 12.0 Å². The molecule has 0 spiro atoms. The van der Waals surface area contributed by atoms with Gasteiger partial charge < -0.3 is 9.84 Å². The second-order valence-corrected chi connectivity index (χ2v) is 3.07. The third-order valence-electron chi connectivity index (χ3n) is 2.17. The summed E-state index contributed by atoms with van der Waals surface area (Å²) in [5, 5.41) is 9.14. The molecule has 1 unspecified atom stereocenters. The molecule has 2 atom stereocenters. The van der Waals surface area contributed by atoms with Gasteiger partial charge in [-0.15, -0.1) is 0 Å². The maximum atomic E-state index is 9.14. The van der Waals surface area contributed by atoms with Gasteiger partial charge in [-0.3, -0.25) is 0 Å². The molecule has 64 valence electrons. The fourth-order valence-corrected chi connectivity index (χ4v) is 1.53. The van der Waals surface area contributed by atoms with Crippen molar-refractivity contribution in [3.8, 4) is 0 Å². The Kier molecular flexibility index (Phi) is 2.11. The van der Waals surface area contributed by atoms with E-state index in [0.717, 1.165) is 18.4 Å². The summed E-state index contributed by atoms with van der Waals surface area (Å²) in [6.07, 6.45) is 1.21. The summed E-state index contributed by atoms with van der Waals surface area (Å²) >= 11 is 0. The average Bonchev–Trinajstić information content (AvgIpc) is 2.54. The molecule has 2 nitrogen and oxygen atoms in total. The van der Waals surface area contributed by atoms with Crippen LogP contribution >= 0.6 is 0 Å². The first kappa shape index (κ1) is 7.77. The van der Waals surface area contributed by atoms with Gasteiger partial charge >= 0.3 is 0 Å². The summed E-state index contributed by atoms with van der Waals surface area (Å²) in [7, 11) is 0. The van der Waals surface area contributed by atoms with E-state index in [-0.39, 0.29) is 6.10 Å². The minimum atomic E-state index is -0.560. The Bertz CT molecular complexity index is 245. The largest absolute Gasteiger partial charge is 0.368 e. The lowest BCUT2D eigenvalue weighted by Crippen LogP contribution is -2.03. The van der Waals surface area contributed by atoms with Gasteiger partial charge in [0.05, 0.1) is 6.10 Å². The van der Waals surface area contributed by atoms with E-state index < -0.39 is 6.29 Å². The highest BCUT2D eigenvalue weighted by Gasteiger charge is 2.23. The number of ether oxygens (including phenoxy) is 1. The van der Waals surface area contributed by atoms with Gasteiger partial charge in [-0.2, -0.15) is 0 Å². The van der Waals surface area contributed by atoms with Crippen LogP contribution in [0, 0.1) is 0 Å². The van der Waals surface area contributed by atoms with E-state index >= 15 is 0 Å². The van der Waals surface area contributed by atoms with Crippen molar-refractivity contribution in [2.45, 2.75) is 25.2 Å². The Morgan fingerprint density at radius 2 is 1.92 bits per heavy atom. The van der Waals surface area contributed by atoms with Crippen LogP contribution in [0.1, 0.15) is 24.5 Å². The zero-order valence-electron chi connectivity index (χ0n) is 6.81. The molecular formula is C10H12O2. The van der Waals surface area contributed by atoms with E-state index in [0.29, 0.717) is 0 Å². The molecule has 0 saturated carbocycles. The Hall–Kier alpha value is -0.860. The third-order valence-corrected chi connectivity index (χ3v) is 2.17. The molecule has 1 saturated heterocycles. The lowest BCUT2D eigenvalue weighted by Gasteiger charge is -2.09. The molecule has 1 fully saturated rings. The van der Waals surface area contributed by atoms with Crippen LogP contribution in [0.3, 0.4) is 0 Å². The van der Waals surface area contributed by atoms with Gasteiger partial charge in [0, 0.05) is 6.42 Å². The van der Waals surface area contributed by atoms with Crippen LogP contribution in [-0.4, -0.2) is 11.4 Å². The van der Waals surface area contributed by atoms with Gasteiger partial charge in [-0.1, -0.05) is 30.3 Å². The van der Waals surface area contributed by atoms with Gasteiger partial charge in [0.25, 0.3) is 0 Å². The zero-order valence-corrected chi connectivity index (χ0v) is 6.81. The molecule has 0 bridgehead atoms. The standard InChI is InChI=1S/C10H12O2/c11-10-7-6-9(12-10)8-4-2-1-3-5-8/h1-5,9-11H,6-7H2/t9-,10?/m1/s1. The highest BCUT2D eigenvalue weighted by Crippen LogP contribution is 2.30. The number of benzene rings is 1. The molecule has 12 heavy (non-hydrogen) atoms. The maximum absolute atomic E-state index is 9.14. The molecule has 1 aliphatic rings. The summed E-state index contributed by atoms with van der Waals surface area (Å²) in [4.78, 5) is 0. The smallest absolute Gasteiger partial charge is 0.155 e. The van der Waals surface area contributed by atoms with E-state index in [2.05, 4.69) is 0 Å². The van der Waals surface area contributed by atoms with Crippen LogP contribution in [0.4, 0.5) is 0 Å². The molecule has 1 aromatic carbocycles. The minimum Gasteiger partial charge on any atom is -0.368 e. The topological polar surface area (TPSA) is 29.5 Å². The van der Waals surface area contributed by atoms with E-state index in [9.17, 15) is 0 Å². The Morgan fingerprint density at radius 1 is 1.17 bits per heavy atom. The lowest BCUT2D eigenvalue weighted by molar-refractivity contribution is -0.0913. The van der Waals surface area contributed by atoms with Crippen LogP contribution in [0.15, 0.2) is 30.3 Å². The predicted octanol–water partition coefficient (Wildman–Crippen LogP) is 1.86. The molecular weight excluding hydrogens is 152 g/mol. The maximum Gasteiger partial charge on any atom is 0.155 e. The highest BCUT2D eigenvalue weighted by atomic mass is 16.6. The fourth-order valence-electron chi connectivity index (χ4n) is 1.53. The molecule has 1 aromatic rings. The first-order valence-corrected chi connectivity index (χ1v) is 4.25. The quantitative estimate of drug-likeness (QED) is 0.686. The van der Waals surface area contributed by atoms with Crippen molar-refractivity contribution in [1.82, 2.24) is 0 Å². The average molecular weight is 164 g/mol. The number of rotatable bonds is 1. The van der Waals surface area contributed by atoms with Crippen molar-refractivity contribution in [3.05, 3.63) is 35.9 Å². The van der Waals surface area contributed by atoms with Gasteiger partial charge in [0.15, 0.2) is 6.29 Å². The van der Waals surface area contributed by atoms with E-state index in [1.165, 1.54) is 0 Å². The summed E-state index contributed by atoms with van der Waals surface area (Å²) in [5.41, 5.74) is 1.16. The monoisotopic (exact) mass is 164 g/mol. The van der Waals surface area contributed by atoms with Crippen molar-refractivity contribution in [2.24, 2.45) is 0 Å². The summed E-state index contributed by atoms with van der Waals surface area (Å²) in [6.45, 7) is 0. The van der Waals surface area contributed by atoms with Crippen LogP contribution in [0.25, 0.3) is 0 Å². The Labute approximate surface area is 71.8 Å². The Morgan fingerprint density at radius 3 is 2.50 bits per heavy atom. The summed E-state index contributed by atoms with van der Waals surface area (Å²) in [6, 6.07) is 10.0. The van der Waals surface area contributed by atoms with E-state index in [4.69, 9.17) is 9.84 Å². The second kappa shape index (κ2) is 3.25. The molecule has 1 heterocycles. The molecule has 0 radical (unpaired) electrons. The van der Waals surface area contributed by atoms with E-state index in [1.54, 1.807) is 0 Å². The predicted molar refractivity (Wildman–Crippen MR) is 45.5 cm³/mol. The second-order valence-electron chi connectivity index (χ2n) is 3.07. The molecule has 0 aliphatic carbocycles. The number of hydrogen-bond donors (Lipinski definition) is 1. The van der Waals surface area contributed by atoms with E-state index in [1.807, 2.05) is 30.3 Å². The van der Waals surface area contributed by atoms with Crippen LogP contribution in [0.2, 0.25) is 0 Å². The molecule has 2 heteroatoms.